The van der Waals surface area contributed by atoms with Crippen LogP contribution in [0.1, 0.15) is 5.56 Å². The fourth-order valence-corrected chi connectivity index (χ4v) is 1.59. The van der Waals surface area contributed by atoms with Crippen LogP contribution in [0.3, 0.4) is 0 Å². The third kappa shape index (κ3) is 4.45. The van der Waals surface area contributed by atoms with E-state index in [-0.39, 0.29) is 6.61 Å². The zero-order chi connectivity index (χ0) is 11.8. The average molecular weight is 245 g/mol. The SMILES string of the molecule is COCCN(CCO)Cc1cccnc1Cl. The van der Waals surface area contributed by atoms with Gasteiger partial charge in [0.15, 0.2) is 0 Å². The van der Waals surface area contributed by atoms with Crippen LogP contribution in [0.2, 0.25) is 5.15 Å². The molecule has 0 amide bonds. The fraction of sp³-hybridized carbons (Fsp3) is 0.545. The maximum Gasteiger partial charge on any atom is 0.133 e. The lowest BCUT2D eigenvalue weighted by molar-refractivity contribution is 0.127. The molecule has 0 saturated carbocycles. The number of halogens is 1. The Bertz CT molecular complexity index is 310. The molecule has 1 aromatic heterocycles. The highest BCUT2D eigenvalue weighted by Crippen LogP contribution is 2.13. The summed E-state index contributed by atoms with van der Waals surface area (Å²) in [5.74, 6) is 0. The molecule has 0 aliphatic heterocycles. The van der Waals surface area contributed by atoms with Gasteiger partial charge in [-0.25, -0.2) is 4.98 Å². The van der Waals surface area contributed by atoms with Gasteiger partial charge in [-0.1, -0.05) is 17.7 Å². The number of aliphatic hydroxyl groups is 1. The average Bonchev–Trinajstić information content (AvgIpc) is 2.29. The summed E-state index contributed by atoms with van der Waals surface area (Å²) < 4.78 is 5.01. The van der Waals surface area contributed by atoms with Gasteiger partial charge in [0.1, 0.15) is 5.15 Å². The van der Waals surface area contributed by atoms with Crippen LogP contribution in [-0.4, -0.2) is 48.4 Å². The number of methoxy groups -OCH3 is 1. The summed E-state index contributed by atoms with van der Waals surface area (Å²) in [7, 11) is 1.66. The highest BCUT2D eigenvalue weighted by Gasteiger charge is 2.08. The molecule has 1 aromatic rings. The van der Waals surface area contributed by atoms with Gasteiger partial charge in [0.25, 0.3) is 0 Å². The molecule has 1 heterocycles. The van der Waals surface area contributed by atoms with E-state index in [0.717, 1.165) is 12.1 Å². The third-order valence-corrected chi connectivity index (χ3v) is 2.60. The standard InChI is InChI=1S/C11H17ClN2O2/c1-16-8-6-14(5-7-15)9-10-3-2-4-13-11(10)12/h2-4,15H,5-9H2,1H3. The van der Waals surface area contributed by atoms with Gasteiger partial charge in [0, 0.05) is 38.5 Å². The maximum absolute atomic E-state index is 8.95. The second-order valence-electron chi connectivity index (χ2n) is 3.45. The van der Waals surface area contributed by atoms with Crippen LogP contribution in [0.25, 0.3) is 0 Å². The van der Waals surface area contributed by atoms with E-state index in [1.54, 1.807) is 13.3 Å². The minimum atomic E-state index is 0.127. The van der Waals surface area contributed by atoms with E-state index in [0.29, 0.717) is 24.8 Å². The number of aliphatic hydroxyl groups excluding tert-OH is 1. The van der Waals surface area contributed by atoms with E-state index in [9.17, 15) is 0 Å². The molecule has 1 N–H and O–H groups in total. The van der Waals surface area contributed by atoms with Gasteiger partial charge in [-0.3, -0.25) is 4.90 Å². The van der Waals surface area contributed by atoms with Gasteiger partial charge >= 0.3 is 0 Å². The molecule has 16 heavy (non-hydrogen) atoms. The number of hydrogen-bond donors (Lipinski definition) is 1. The Morgan fingerprint density at radius 1 is 1.50 bits per heavy atom. The van der Waals surface area contributed by atoms with Crippen molar-refractivity contribution in [1.29, 1.82) is 0 Å². The normalized spacial score (nSPS) is 11.0. The van der Waals surface area contributed by atoms with Crippen molar-refractivity contribution in [2.45, 2.75) is 6.54 Å². The molecule has 0 bridgehead atoms. The predicted molar refractivity (Wildman–Crippen MR) is 63.5 cm³/mol. The van der Waals surface area contributed by atoms with Crippen molar-refractivity contribution in [2.24, 2.45) is 0 Å². The van der Waals surface area contributed by atoms with E-state index < -0.39 is 0 Å². The molecular weight excluding hydrogens is 228 g/mol. The van der Waals surface area contributed by atoms with Crippen LogP contribution in [-0.2, 0) is 11.3 Å². The van der Waals surface area contributed by atoms with Crippen LogP contribution in [0, 0.1) is 0 Å². The number of pyridine rings is 1. The molecule has 0 atom stereocenters. The highest BCUT2D eigenvalue weighted by atomic mass is 35.5. The van der Waals surface area contributed by atoms with Crippen molar-refractivity contribution in [1.82, 2.24) is 9.88 Å². The van der Waals surface area contributed by atoms with Crippen molar-refractivity contribution >= 4 is 11.6 Å². The summed E-state index contributed by atoms with van der Waals surface area (Å²) in [6.07, 6.45) is 1.66. The summed E-state index contributed by atoms with van der Waals surface area (Å²) in [4.78, 5) is 6.09. The van der Waals surface area contributed by atoms with Gasteiger partial charge in [0.2, 0.25) is 0 Å². The number of aromatic nitrogens is 1. The first-order valence-corrected chi connectivity index (χ1v) is 5.57. The van der Waals surface area contributed by atoms with Crippen molar-refractivity contribution in [3.63, 3.8) is 0 Å². The Labute approximate surface area is 101 Å². The molecule has 5 heteroatoms. The zero-order valence-electron chi connectivity index (χ0n) is 9.40. The molecule has 0 fully saturated rings. The summed E-state index contributed by atoms with van der Waals surface area (Å²) in [6.45, 7) is 2.81. The van der Waals surface area contributed by atoms with Crippen LogP contribution in [0.5, 0.6) is 0 Å². The summed E-state index contributed by atoms with van der Waals surface area (Å²) in [5.41, 5.74) is 0.966. The van der Waals surface area contributed by atoms with E-state index in [2.05, 4.69) is 9.88 Å². The lowest BCUT2D eigenvalue weighted by atomic mass is 10.2. The monoisotopic (exact) mass is 244 g/mol. The largest absolute Gasteiger partial charge is 0.395 e. The zero-order valence-corrected chi connectivity index (χ0v) is 10.2. The molecule has 0 aliphatic rings. The maximum atomic E-state index is 8.95. The Hall–Kier alpha value is -0.680. The minimum Gasteiger partial charge on any atom is -0.395 e. The Kier molecular flexibility index (Phi) is 6.33. The minimum absolute atomic E-state index is 0.127. The van der Waals surface area contributed by atoms with E-state index in [4.69, 9.17) is 21.4 Å². The van der Waals surface area contributed by atoms with Crippen LogP contribution < -0.4 is 0 Å². The van der Waals surface area contributed by atoms with Crippen molar-refractivity contribution in [3.05, 3.63) is 29.0 Å². The van der Waals surface area contributed by atoms with E-state index >= 15 is 0 Å². The molecular formula is C11H17ClN2O2. The van der Waals surface area contributed by atoms with Crippen molar-refractivity contribution in [2.75, 3.05) is 33.4 Å². The molecule has 0 aromatic carbocycles. The number of nitrogens with zero attached hydrogens (tertiary/aromatic N) is 2. The third-order valence-electron chi connectivity index (χ3n) is 2.26. The van der Waals surface area contributed by atoms with Crippen LogP contribution in [0.4, 0.5) is 0 Å². The topological polar surface area (TPSA) is 45.6 Å². The summed E-state index contributed by atoms with van der Waals surface area (Å²) >= 11 is 5.97. The number of ether oxygens (including phenoxy) is 1. The van der Waals surface area contributed by atoms with Crippen molar-refractivity contribution in [3.8, 4) is 0 Å². The van der Waals surface area contributed by atoms with Gasteiger partial charge in [0.05, 0.1) is 13.2 Å². The molecule has 0 unspecified atom stereocenters. The first-order valence-electron chi connectivity index (χ1n) is 5.19. The molecule has 0 aliphatic carbocycles. The quantitative estimate of drug-likeness (QED) is 0.732. The van der Waals surface area contributed by atoms with Gasteiger partial charge in [-0.05, 0) is 6.07 Å². The second-order valence-corrected chi connectivity index (χ2v) is 3.80. The van der Waals surface area contributed by atoms with E-state index in [1.807, 2.05) is 12.1 Å². The number of hydrogen-bond acceptors (Lipinski definition) is 4. The van der Waals surface area contributed by atoms with Crippen LogP contribution in [0.15, 0.2) is 18.3 Å². The lowest BCUT2D eigenvalue weighted by Gasteiger charge is -2.21. The molecule has 1 rings (SSSR count). The number of rotatable bonds is 7. The second kappa shape index (κ2) is 7.57. The van der Waals surface area contributed by atoms with Gasteiger partial charge in [-0.15, -0.1) is 0 Å². The first kappa shape index (κ1) is 13.4. The summed E-state index contributed by atoms with van der Waals surface area (Å²) in [5, 5.41) is 9.47. The molecule has 0 saturated heterocycles. The van der Waals surface area contributed by atoms with Gasteiger partial charge in [-0.2, -0.15) is 0 Å². The Morgan fingerprint density at radius 2 is 2.31 bits per heavy atom. The first-order chi connectivity index (χ1) is 7.77. The molecule has 0 radical (unpaired) electrons. The fourth-order valence-electron chi connectivity index (χ4n) is 1.41. The Balaban J connectivity index is 2.56. The predicted octanol–water partition coefficient (Wildman–Crippen LogP) is 1.18. The Morgan fingerprint density at radius 3 is 2.94 bits per heavy atom. The van der Waals surface area contributed by atoms with Crippen molar-refractivity contribution < 1.29 is 9.84 Å². The molecule has 90 valence electrons. The van der Waals surface area contributed by atoms with E-state index in [1.165, 1.54) is 0 Å². The van der Waals surface area contributed by atoms with Gasteiger partial charge < -0.3 is 9.84 Å². The summed E-state index contributed by atoms with van der Waals surface area (Å²) in [6, 6.07) is 3.79. The molecule has 0 spiro atoms. The highest BCUT2D eigenvalue weighted by molar-refractivity contribution is 6.30. The lowest BCUT2D eigenvalue weighted by Crippen LogP contribution is -2.30. The molecule has 4 nitrogen and oxygen atoms in total. The smallest absolute Gasteiger partial charge is 0.133 e. The van der Waals surface area contributed by atoms with Crippen LogP contribution >= 0.6 is 11.6 Å².